The zero-order valence-corrected chi connectivity index (χ0v) is 13.3. The fraction of sp³-hybridized carbons (Fsp3) is 0.400. The highest BCUT2D eigenvalue weighted by molar-refractivity contribution is 9.10. The van der Waals surface area contributed by atoms with Crippen molar-refractivity contribution < 1.29 is 4.74 Å². The van der Waals surface area contributed by atoms with Crippen molar-refractivity contribution in [3.63, 3.8) is 0 Å². The standard InChI is InChI=1S/C15H18BrN3O/c1-9-5-14(19(2)18-9)13(17)8-11-7-12(16)6-10-3-4-20-15(10)11/h5-7,13H,3-4,8,17H2,1-2H3. The van der Waals surface area contributed by atoms with E-state index in [2.05, 4.69) is 33.2 Å². The van der Waals surface area contributed by atoms with Gasteiger partial charge in [-0.15, -0.1) is 0 Å². The lowest BCUT2D eigenvalue weighted by Gasteiger charge is -2.15. The van der Waals surface area contributed by atoms with E-state index in [4.69, 9.17) is 10.5 Å². The smallest absolute Gasteiger partial charge is 0.125 e. The number of fused-ring (bicyclic) bond motifs is 1. The van der Waals surface area contributed by atoms with Crippen LogP contribution >= 0.6 is 15.9 Å². The van der Waals surface area contributed by atoms with E-state index < -0.39 is 0 Å². The van der Waals surface area contributed by atoms with Crippen LogP contribution in [0.25, 0.3) is 0 Å². The molecular weight excluding hydrogens is 318 g/mol. The first-order valence-electron chi connectivity index (χ1n) is 6.75. The van der Waals surface area contributed by atoms with E-state index in [9.17, 15) is 0 Å². The van der Waals surface area contributed by atoms with E-state index in [1.54, 1.807) is 0 Å². The molecule has 1 aliphatic rings. The molecule has 0 spiro atoms. The number of nitrogens with two attached hydrogens (primary N) is 1. The fourth-order valence-corrected chi connectivity index (χ4v) is 3.37. The summed E-state index contributed by atoms with van der Waals surface area (Å²) in [4.78, 5) is 0. The van der Waals surface area contributed by atoms with Crippen molar-refractivity contribution >= 4 is 15.9 Å². The first-order valence-corrected chi connectivity index (χ1v) is 7.54. The monoisotopic (exact) mass is 335 g/mol. The van der Waals surface area contributed by atoms with E-state index in [1.165, 1.54) is 11.1 Å². The highest BCUT2D eigenvalue weighted by atomic mass is 79.9. The molecule has 0 bridgehead atoms. The number of aryl methyl sites for hydroxylation is 2. The van der Waals surface area contributed by atoms with Crippen LogP contribution in [0.5, 0.6) is 5.75 Å². The predicted molar refractivity (Wildman–Crippen MR) is 81.9 cm³/mol. The summed E-state index contributed by atoms with van der Waals surface area (Å²) < 4.78 is 8.71. The van der Waals surface area contributed by atoms with Crippen LogP contribution in [0.3, 0.4) is 0 Å². The summed E-state index contributed by atoms with van der Waals surface area (Å²) in [6.45, 7) is 2.75. The van der Waals surface area contributed by atoms with Crippen LogP contribution in [-0.2, 0) is 19.9 Å². The molecule has 1 unspecified atom stereocenters. The van der Waals surface area contributed by atoms with Crippen LogP contribution in [-0.4, -0.2) is 16.4 Å². The van der Waals surface area contributed by atoms with Crippen LogP contribution < -0.4 is 10.5 Å². The predicted octanol–water partition coefficient (Wildman–Crippen LogP) is 2.67. The Morgan fingerprint density at radius 3 is 2.95 bits per heavy atom. The van der Waals surface area contributed by atoms with E-state index in [0.717, 1.165) is 41.1 Å². The summed E-state index contributed by atoms with van der Waals surface area (Å²) in [5.74, 6) is 1.02. The minimum absolute atomic E-state index is 0.0798. The zero-order valence-electron chi connectivity index (χ0n) is 11.7. The van der Waals surface area contributed by atoms with Crippen molar-refractivity contribution in [3.05, 3.63) is 45.2 Å². The molecule has 0 fully saturated rings. The summed E-state index contributed by atoms with van der Waals surface area (Å²) in [5, 5.41) is 4.36. The van der Waals surface area contributed by atoms with E-state index in [0.29, 0.717) is 0 Å². The van der Waals surface area contributed by atoms with Crippen molar-refractivity contribution in [3.8, 4) is 5.75 Å². The molecule has 0 radical (unpaired) electrons. The van der Waals surface area contributed by atoms with Crippen molar-refractivity contribution in [2.75, 3.05) is 6.61 Å². The van der Waals surface area contributed by atoms with Crippen molar-refractivity contribution in [1.82, 2.24) is 9.78 Å². The van der Waals surface area contributed by atoms with Gasteiger partial charge in [-0.2, -0.15) is 5.10 Å². The Morgan fingerprint density at radius 2 is 2.25 bits per heavy atom. The third-order valence-electron chi connectivity index (χ3n) is 3.68. The second-order valence-corrected chi connectivity index (χ2v) is 6.21. The third-order valence-corrected chi connectivity index (χ3v) is 4.14. The van der Waals surface area contributed by atoms with E-state index in [1.807, 2.05) is 24.7 Å². The maximum atomic E-state index is 6.35. The number of ether oxygens (including phenoxy) is 1. The number of benzene rings is 1. The Hall–Kier alpha value is -1.33. The van der Waals surface area contributed by atoms with Gasteiger partial charge < -0.3 is 10.5 Å². The van der Waals surface area contributed by atoms with Gasteiger partial charge >= 0.3 is 0 Å². The molecular formula is C15H18BrN3O. The number of hydrogen-bond donors (Lipinski definition) is 1. The molecule has 5 heteroatoms. The average Bonchev–Trinajstić information content (AvgIpc) is 2.95. The van der Waals surface area contributed by atoms with Crippen LogP contribution in [0.2, 0.25) is 0 Å². The normalized spacial score (nSPS) is 15.0. The van der Waals surface area contributed by atoms with Crippen LogP contribution in [0.4, 0.5) is 0 Å². The van der Waals surface area contributed by atoms with Crippen LogP contribution in [0.1, 0.15) is 28.6 Å². The number of hydrogen-bond acceptors (Lipinski definition) is 3. The molecule has 20 heavy (non-hydrogen) atoms. The number of halogens is 1. The number of nitrogens with zero attached hydrogens (tertiary/aromatic N) is 2. The average molecular weight is 336 g/mol. The highest BCUT2D eigenvalue weighted by Gasteiger charge is 2.20. The summed E-state index contributed by atoms with van der Waals surface area (Å²) in [6, 6.07) is 6.20. The Morgan fingerprint density at radius 1 is 1.45 bits per heavy atom. The second kappa shape index (κ2) is 5.22. The zero-order chi connectivity index (χ0) is 14.3. The molecule has 0 amide bonds. The molecule has 0 saturated heterocycles. The maximum Gasteiger partial charge on any atom is 0.125 e. The van der Waals surface area contributed by atoms with Gasteiger partial charge in [0.25, 0.3) is 0 Å². The number of rotatable bonds is 3. The van der Waals surface area contributed by atoms with Gasteiger partial charge in [0.1, 0.15) is 5.75 Å². The molecule has 106 valence electrons. The van der Waals surface area contributed by atoms with Crippen molar-refractivity contribution in [2.24, 2.45) is 12.8 Å². The minimum Gasteiger partial charge on any atom is -0.493 e. The topological polar surface area (TPSA) is 53.1 Å². The second-order valence-electron chi connectivity index (χ2n) is 5.30. The summed E-state index contributed by atoms with van der Waals surface area (Å²) >= 11 is 3.57. The van der Waals surface area contributed by atoms with E-state index in [-0.39, 0.29) is 6.04 Å². The van der Waals surface area contributed by atoms with Gasteiger partial charge in [0.05, 0.1) is 24.0 Å². The Labute approximate surface area is 127 Å². The molecule has 1 aromatic heterocycles. The molecule has 1 aliphatic heterocycles. The lowest BCUT2D eigenvalue weighted by molar-refractivity contribution is 0.352. The molecule has 1 atom stereocenters. The van der Waals surface area contributed by atoms with Gasteiger partial charge in [-0.05, 0) is 42.7 Å². The summed E-state index contributed by atoms with van der Waals surface area (Å²) in [5.41, 5.74) is 10.8. The van der Waals surface area contributed by atoms with Gasteiger partial charge in [-0.1, -0.05) is 15.9 Å². The van der Waals surface area contributed by atoms with Crippen molar-refractivity contribution in [1.29, 1.82) is 0 Å². The Kier molecular flexibility index (Phi) is 3.56. The first kappa shape index (κ1) is 13.6. The minimum atomic E-state index is -0.0798. The van der Waals surface area contributed by atoms with Gasteiger partial charge in [0, 0.05) is 17.9 Å². The van der Waals surface area contributed by atoms with Crippen LogP contribution in [0, 0.1) is 6.92 Å². The van der Waals surface area contributed by atoms with E-state index >= 15 is 0 Å². The van der Waals surface area contributed by atoms with Crippen molar-refractivity contribution in [2.45, 2.75) is 25.8 Å². The lowest BCUT2D eigenvalue weighted by atomic mass is 10.00. The SMILES string of the molecule is Cc1cc(C(N)Cc2cc(Br)cc3c2OCC3)n(C)n1. The largest absolute Gasteiger partial charge is 0.493 e. The number of aromatic nitrogens is 2. The Balaban J connectivity index is 1.90. The molecule has 0 saturated carbocycles. The Bertz CT molecular complexity index is 651. The molecule has 0 aliphatic carbocycles. The highest BCUT2D eigenvalue weighted by Crippen LogP contribution is 2.35. The summed E-state index contributed by atoms with van der Waals surface area (Å²) in [7, 11) is 1.93. The van der Waals surface area contributed by atoms with Gasteiger partial charge in [0.15, 0.2) is 0 Å². The quantitative estimate of drug-likeness (QED) is 0.938. The van der Waals surface area contributed by atoms with Gasteiger partial charge in [-0.25, -0.2) is 0 Å². The molecule has 2 N–H and O–H groups in total. The lowest BCUT2D eigenvalue weighted by Crippen LogP contribution is -2.17. The molecule has 3 rings (SSSR count). The first-order chi connectivity index (χ1) is 9.54. The van der Waals surface area contributed by atoms with Gasteiger partial charge in [-0.3, -0.25) is 4.68 Å². The van der Waals surface area contributed by atoms with Gasteiger partial charge in [0.2, 0.25) is 0 Å². The molecule has 1 aromatic carbocycles. The molecule has 2 heterocycles. The van der Waals surface area contributed by atoms with Crippen LogP contribution in [0.15, 0.2) is 22.7 Å². The molecule has 4 nitrogen and oxygen atoms in total. The third kappa shape index (κ3) is 2.47. The fourth-order valence-electron chi connectivity index (χ4n) is 2.82. The summed E-state index contributed by atoms with van der Waals surface area (Å²) in [6.07, 6.45) is 1.72. The maximum absolute atomic E-state index is 6.35. The molecule has 2 aromatic rings.